The monoisotopic (exact) mass is 246 g/mol. The third-order valence-electron chi connectivity index (χ3n) is 3.03. The summed E-state index contributed by atoms with van der Waals surface area (Å²) in [5.74, 6) is 0.792. The Balaban J connectivity index is 1.94. The summed E-state index contributed by atoms with van der Waals surface area (Å²) >= 11 is 0. The van der Waals surface area contributed by atoms with E-state index in [-0.39, 0.29) is 11.9 Å². The largest absolute Gasteiger partial charge is 0.508 e. The molecule has 1 aromatic carbocycles. The van der Waals surface area contributed by atoms with Crippen molar-refractivity contribution in [3.8, 4) is 11.5 Å². The van der Waals surface area contributed by atoms with Crippen LogP contribution in [0.1, 0.15) is 12.8 Å². The van der Waals surface area contributed by atoms with Gasteiger partial charge in [0.2, 0.25) is 0 Å². The fourth-order valence-electron chi connectivity index (χ4n) is 2.11. The summed E-state index contributed by atoms with van der Waals surface area (Å²) in [7, 11) is 0. The van der Waals surface area contributed by atoms with Crippen LogP contribution < -0.4 is 4.74 Å². The van der Waals surface area contributed by atoms with E-state index in [0.29, 0.717) is 11.3 Å². The van der Waals surface area contributed by atoms with E-state index in [0.717, 1.165) is 31.4 Å². The molecule has 1 fully saturated rings. The van der Waals surface area contributed by atoms with E-state index in [1.165, 1.54) is 6.33 Å². The predicted octanol–water partition coefficient (Wildman–Crippen LogP) is 1.89. The van der Waals surface area contributed by atoms with E-state index < -0.39 is 0 Å². The highest BCUT2D eigenvalue weighted by Crippen LogP contribution is 2.30. The number of phenols is 1. The lowest BCUT2D eigenvalue weighted by Gasteiger charge is -2.23. The zero-order chi connectivity index (χ0) is 12.4. The molecular formula is C13H14N2O3. The second-order valence-electron chi connectivity index (χ2n) is 4.33. The average molecular weight is 246 g/mol. The van der Waals surface area contributed by atoms with Crippen molar-refractivity contribution in [3.63, 3.8) is 0 Å². The van der Waals surface area contributed by atoms with Crippen LogP contribution in [-0.2, 0) is 4.74 Å². The number of ether oxygens (including phenoxy) is 2. The zero-order valence-corrected chi connectivity index (χ0v) is 9.87. The van der Waals surface area contributed by atoms with Crippen molar-refractivity contribution in [3.05, 3.63) is 24.7 Å². The van der Waals surface area contributed by atoms with Crippen LogP contribution in [0.15, 0.2) is 24.7 Å². The molecule has 5 nitrogen and oxygen atoms in total. The third-order valence-corrected chi connectivity index (χ3v) is 3.03. The van der Waals surface area contributed by atoms with Crippen LogP contribution in [0.25, 0.3) is 10.9 Å². The van der Waals surface area contributed by atoms with Crippen LogP contribution in [0.2, 0.25) is 0 Å². The van der Waals surface area contributed by atoms with Crippen molar-refractivity contribution in [2.45, 2.75) is 18.9 Å². The minimum Gasteiger partial charge on any atom is -0.508 e. The van der Waals surface area contributed by atoms with E-state index >= 15 is 0 Å². The van der Waals surface area contributed by atoms with Gasteiger partial charge < -0.3 is 14.6 Å². The molecule has 0 spiro atoms. The number of hydrogen-bond acceptors (Lipinski definition) is 5. The van der Waals surface area contributed by atoms with Crippen LogP contribution in [0.5, 0.6) is 11.5 Å². The number of aromatic nitrogens is 2. The highest BCUT2D eigenvalue weighted by molar-refractivity contribution is 5.85. The van der Waals surface area contributed by atoms with E-state index in [1.807, 2.05) is 0 Å². The smallest absolute Gasteiger partial charge is 0.134 e. The average Bonchev–Trinajstić information content (AvgIpc) is 2.40. The lowest BCUT2D eigenvalue weighted by molar-refractivity contribution is 0.0261. The highest BCUT2D eigenvalue weighted by Gasteiger charge is 2.17. The Morgan fingerprint density at radius 1 is 1.28 bits per heavy atom. The molecule has 0 unspecified atom stereocenters. The van der Waals surface area contributed by atoms with Crippen LogP contribution in [-0.4, -0.2) is 34.4 Å². The summed E-state index contributed by atoms with van der Waals surface area (Å²) in [5.41, 5.74) is 0.687. The summed E-state index contributed by atoms with van der Waals surface area (Å²) in [6.45, 7) is 1.44. The van der Waals surface area contributed by atoms with Crippen molar-refractivity contribution in [2.24, 2.45) is 0 Å². The van der Waals surface area contributed by atoms with Crippen LogP contribution in [0.3, 0.4) is 0 Å². The van der Waals surface area contributed by atoms with Crippen molar-refractivity contribution in [1.29, 1.82) is 0 Å². The van der Waals surface area contributed by atoms with Gasteiger partial charge in [-0.1, -0.05) is 0 Å². The van der Waals surface area contributed by atoms with Gasteiger partial charge in [-0.2, -0.15) is 0 Å². The van der Waals surface area contributed by atoms with Gasteiger partial charge in [0, 0.05) is 31.2 Å². The SMILES string of the molecule is Oc1cc(OC2CCOCC2)c2cncnc2c1. The van der Waals surface area contributed by atoms with Crippen LogP contribution in [0, 0.1) is 0 Å². The topological polar surface area (TPSA) is 64.5 Å². The first-order valence-electron chi connectivity index (χ1n) is 6.00. The molecule has 0 atom stereocenters. The molecule has 5 heteroatoms. The van der Waals surface area contributed by atoms with Crippen molar-refractivity contribution in [1.82, 2.24) is 9.97 Å². The standard InChI is InChI=1S/C13H14N2O3/c16-9-5-12-11(7-14-8-15-12)13(6-9)18-10-1-3-17-4-2-10/h5-8,10,16H,1-4H2. The number of fused-ring (bicyclic) bond motifs is 1. The number of aromatic hydroxyl groups is 1. The van der Waals surface area contributed by atoms with E-state index in [2.05, 4.69) is 9.97 Å². The van der Waals surface area contributed by atoms with Crippen LogP contribution in [0.4, 0.5) is 0 Å². The van der Waals surface area contributed by atoms with Crippen molar-refractivity contribution >= 4 is 10.9 Å². The van der Waals surface area contributed by atoms with Gasteiger partial charge in [-0.25, -0.2) is 9.97 Å². The van der Waals surface area contributed by atoms with E-state index in [1.54, 1.807) is 18.3 Å². The second-order valence-corrected chi connectivity index (χ2v) is 4.33. The first kappa shape index (κ1) is 11.2. The van der Waals surface area contributed by atoms with Gasteiger partial charge >= 0.3 is 0 Å². The minimum atomic E-state index is 0.129. The Hall–Kier alpha value is -1.88. The molecule has 0 aliphatic carbocycles. The molecule has 2 heterocycles. The lowest BCUT2D eigenvalue weighted by atomic mass is 10.1. The summed E-state index contributed by atoms with van der Waals surface area (Å²) in [6, 6.07) is 3.22. The van der Waals surface area contributed by atoms with Gasteiger partial charge in [0.25, 0.3) is 0 Å². The number of hydrogen-bond donors (Lipinski definition) is 1. The lowest BCUT2D eigenvalue weighted by Crippen LogP contribution is -2.25. The maximum atomic E-state index is 9.68. The minimum absolute atomic E-state index is 0.129. The summed E-state index contributed by atoms with van der Waals surface area (Å²) in [6.07, 6.45) is 5.02. The van der Waals surface area contributed by atoms with E-state index in [9.17, 15) is 5.11 Å². The normalized spacial score (nSPS) is 16.9. The maximum absolute atomic E-state index is 9.68. The molecule has 0 radical (unpaired) electrons. The molecule has 1 N–H and O–H groups in total. The van der Waals surface area contributed by atoms with Gasteiger partial charge in [0.1, 0.15) is 23.9 Å². The molecular weight excluding hydrogens is 232 g/mol. The Morgan fingerprint density at radius 2 is 2.11 bits per heavy atom. The number of nitrogens with zero attached hydrogens (tertiary/aromatic N) is 2. The molecule has 1 aromatic heterocycles. The second kappa shape index (κ2) is 4.78. The van der Waals surface area contributed by atoms with Gasteiger partial charge in [-0.05, 0) is 0 Å². The molecule has 94 valence electrons. The first-order chi connectivity index (χ1) is 8.83. The Labute approximate surface area is 104 Å². The maximum Gasteiger partial charge on any atom is 0.134 e. The fraction of sp³-hybridized carbons (Fsp3) is 0.385. The summed E-state index contributed by atoms with van der Waals surface area (Å²) < 4.78 is 11.2. The molecule has 0 saturated carbocycles. The molecule has 0 amide bonds. The molecule has 0 bridgehead atoms. The molecule has 1 saturated heterocycles. The molecule has 18 heavy (non-hydrogen) atoms. The molecule has 2 aromatic rings. The predicted molar refractivity (Wildman–Crippen MR) is 65.7 cm³/mol. The Bertz CT molecular complexity index is 553. The molecule has 3 rings (SSSR count). The zero-order valence-electron chi connectivity index (χ0n) is 9.87. The summed E-state index contributed by atoms with van der Waals surface area (Å²) in [5, 5.41) is 10.5. The third kappa shape index (κ3) is 2.22. The van der Waals surface area contributed by atoms with Crippen molar-refractivity contribution < 1.29 is 14.6 Å². The quantitative estimate of drug-likeness (QED) is 0.876. The highest BCUT2D eigenvalue weighted by atomic mass is 16.5. The van der Waals surface area contributed by atoms with Crippen LogP contribution >= 0.6 is 0 Å². The van der Waals surface area contributed by atoms with Crippen molar-refractivity contribution in [2.75, 3.05) is 13.2 Å². The first-order valence-corrected chi connectivity index (χ1v) is 6.00. The summed E-state index contributed by atoms with van der Waals surface area (Å²) in [4.78, 5) is 8.12. The number of phenolic OH excluding ortho intramolecular Hbond substituents is 1. The van der Waals surface area contributed by atoms with Gasteiger partial charge in [-0.15, -0.1) is 0 Å². The van der Waals surface area contributed by atoms with Gasteiger partial charge in [0.15, 0.2) is 0 Å². The number of benzene rings is 1. The molecule has 1 aliphatic heterocycles. The fourth-order valence-corrected chi connectivity index (χ4v) is 2.11. The Morgan fingerprint density at radius 3 is 2.94 bits per heavy atom. The Kier molecular flexibility index (Phi) is 2.98. The van der Waals surface area contributed by atoms with E-state index in [4.69, 9.17) is 9.47 Å². The molecule has 1 aliphatic rings. The van der Waals surface area contributed by atoms with Gasteiger partial charge in [0.05, 0.1) is 24.1 Å². The number of rotatable bonds is 2. The van der Waals surface area contributed by atoms with Gasteiger partial charge in [-0.3, -0.25) is 0 Å².